The first-order chi connectivity index (χ1) is 17.1. The molecule has 1 aromatic heterocycles. The fourth-order valence-electron chi connectivity index (χ4n) is 5.12. The van der Waals surface area contributed by atoms with Crippen LogP contribution in [0.3, 0.4) is 0 Å². The standard InChI is InChI=1S/C27H37N5O3/c1-3-20-6-8-32(17-20)27(33)29-22-5-4-19(2)24(16-22)21-14-25(28-23-7-11-35-18-23)30-26(15-21)31-9-12-34-13-10-31/h4-5,14-16,20,23H,3,6-13,17-18H2,1-2H3,(H,28,30)(H,29,33)/t20-,23+/m1/s1. The molecule has 35 heavy (non-hydrogen) atoms. The highest BCUT2D eigenvalue weighted by Crippen LogP contribution is 2.32. The van der Waals surface area contributed by atoms with E-state index in [1.54, 1.807) is 0 Å². The average Bonchev–Trinajstić information content (AvgIpc) is 3.58. The Kier molecular flexibility index (Phi) is 7.39. The van der Waals surface area contributed by atoms with Crippen LogP contribution < -0.4 is 15.5 Å². The second-order valence-electron chi connectivity index (χ2n) is 9.87. The van der Waals surface area contributed by atoms with Crippen molar-refractivity contribution in [2.24, 2.45) is 5.92 Å². The maximum atomic E-state index is 12.9. The molecular formula is C27H37N5O3. The number of nitrogens with zero attached hydrogens (tertiary/aromatic N) is 3. The Bertz CT molecular complexity index is 1030. The van der Waals surface area contributed by atoms with E-state index < -0.39 is 0 Å². The van der Waals surface area contributed by atoms with Gasteiger partial charge >= 0.3 is 6.03 Å². The summed E-state index contributed by atoms with van der Waals surface area (Å²) in [7, 11) is 0. The number of likely N-dealkylation sites (tertiary alicyclic amines) is 1. The first-order valence-electron chi connectivity index (χ1n) is 12.9. The Hall–Kier alpha value is -2.84. The molecule has 4 heterocycles. The zero-order valence-corrected chi connectivity index (χ0v) is 20.9. The molecule has 188 valence electrons. The molecule has 3 fully saturated rings. The van der Waals surface area contributed by atoms with E-state index in [4.69, 9.17) is 14.5 Å². The number of aromatic nitrogens is 1. The van der Waals surface area contributed by atoms with Crippen molar-refractivity contribution in [2.45, 2.75) is 39.2 Å². The molecule has 0 radical (unpaired) electrons. The molecule has 0 spiro atoms. The maximum absolute atomic E-state index is 12.9. The van der Waals surface area contributed by atoms with Gasteiger partial charge in [0.15, 0.2) is 0 Å². The Balaban J connectivity index is 1.41. The highest BCUT2D eigenvalue weighted by atomic mass is 16.5. The van der Waals surface area contributed by atoms with Crippen LogP contribution in [0.5, 0.6) is 0 Å². The van der Waals surface area contributed by atoms with Crippen LogP contribution in [0.1, 0.15) is 31.7 Å². The summed E-state index contributed by atoms with van der Waals surface area (Å²) < 4.78 is 11.1. The molecule has 0 aliphatic carbocycles. The van der Waals surface area contributed by atoms with Gasteiger partial charge < -0.3 is 29.9 Å². The lowest BCUT2D eigenvalue weighted by Gasteiger charge is -2.29. The number of aryl methyl sites for hydroxylation is 1. The predicted octanol–water partition coefficient (Wildman–Crippen LogP) is 4.36. The topological polar surface area (TPSA) is 79.0 Å². The predicted molar refractivity (Wildman–Crippen MR) is 139 cm³/mol. The molecule has 2 aromatic rings. The van der Waals surface area contributed by atoms with E-state index in [0.717, 1.165) is 86.1 Å². The molecule has 5 rings (SSSR count). The molecule has 1 aromatic carbocycles. The zero-order chi connectivity index (χ0) is 24.2. The van der Waals surface area contributed by atoms with Crippen LogP contribution in [-0.4, -0.2) is 74.6 Å². The van der Waals surface area contributed by atoms with Crippen molar-refractivity contribution in [3.63, 3.8) is 0 Å². The lowest BCUT2D eigenvalue weighted by Crippen LogP contribution is -2.37. The Morgan fingerprint density at radius 1 is 1.09 bits per heavy atom. The van der Waals surface area contributed by atoms with Gasteiger partial charge in [0.25, 0.3) is 0 Å². The molecule has 3 aliphatic heterocycles. The highest BCUT2D eigenvalue weighted by molar-refractivity contribution is 5.91. The number of rotatable bonds is 6. The fraction of sp³-hybridized carbons (Fsp3) is 0.556. The molecule has 0 bridgehead atoms. The molecule has 8 nitrogen and oxygen atoms in total. The number of carbonyl (C=O) groups is 1. The van der Waals surface area contributed by atoms with E-state index in [1.165, 1.54) is 0 Å². The largest absolute Gasteiger partial charge is 0.379 e. The van der Waals surface area contributed by atoms with Gasteiger partial charge in [0.05, 0.1) is 25.9 Å². The number of hydrogen-bond donors (Lipinski definition) is 2. The van der Waals surface area contributed by atoms with Crippen LogP contribution in [0.25, 0.3) is 11.1 Å². The number of morpholine rings is 1. The van der Waals surface area contributed by atoms with Gasteiger partial charge in [-0.3, -0.25) is 0 Å². The number of pyridine rings is 1. The van der Waals surface area contributed by atoms with Crippen LogP contribution in [-0.2, 0) is 9.47 Å². The van der Waals surface area contributed by atoms with E-state index in [1.807, 2.05) is 11.0 Å². The van der Waals surface area contributed by atoms with Crippen molar-refractivity contribution >= 4 is 23.4 Å². The molecule has 2 N–H and O–H groups in total. The number of amides is 2. The minimum absolute atomic E-state index is 0.0110. The van der Waals surface area contributed by atoms with Crippen molar-refractivity contribution in [3.05, 3.63) is 35.9 Å². The molecule has 2 amide bonds. The number of hydrogen-bond acceptors (Lipinski definition) is 6. The number of nitrogens with one attached hydrogen (secondary N) is 2. The third kappa shape index (κ3) is 5.70. The quantitative estimate of drug-likeness (QED) is 0.641. The van der Waals surface area contributed by atoms with Crippen molar-refractivity contribution in [2.75, 3.05) is 68.1 Å². The van der Waals surface area contributed by atoms with Crippen molar-refractivity contribution < 1.29 is 14.3 Å². The first-order valence-corrected chi connectivity index (χ1v) is 12.9. The summed E-state index contributed by atoms with van der Waals surface area (Å²) in [6.07, 6.45) is 3.19. The van der Waals surface area contributed by atoms with Crippen molar-refractivity contribution in [1.82, 2.24) is 9.88 Å². The third-order valence-electron chi connectivity index (χ3n) is 7.38. The lowest BCUT2D eigenvalue weighted by atomic mass is 10.00. The molecule has 2 atom stereocenters. The minimum Gasteiger partial charge on any atom is -0.379 e. The van der Waals surface area contributed by atoms with Gasteiger partial charge in [0.1, 0.15) is 11.6 Å². The highest BCUT2D eigenvalue weighted by Gasteiger charge is 2.25. The number of benzene rings is 1. The van der Waals surface area contributed by atoms with Gasteiger partial charge in [0.2, 0.25) is 0 Å². The van der Waals surface area contributed by atoms with Crippen LogP contribution in [0.15, 0.2) is 30.3 Å². The molecular weight excluding hydrogens is 442 g/mol. The van der Waals surface area contributed by atoms with Gasteiger partial charge in [-0.15, -0.1) is 0 Å². The summed E-state index contributed by atoms with van der Waals surface area (Å²) in [6.45, 7) is 10.5. The van der Waals surface area contributed by atoms with Crippen LogP contribution in [0, 0.1) is 12.8 Å². The van der Waals surface area contributed by atoms with E-state index in [-0.39, 0.29) is 12.1 Å². The Morgan fingerprint density at radius 3 is 2.69 bits per heavy atom. The third-order valence-corrected chi connectivity index (χ3v) is 7.38. The summed E-state index contributed by atoms with van der Waals surface area (Å²) in [6, 6.07) is 10.7. The number of anilines is 3. The molecule has 3 aliphatic rings. The SMILES string of the molecule is CC[C@@H]1CCN(C(=O)Nc2ccc(C)c(-c3cc(N[C@H]4CCOC4)nc(N4CCOCC4)c3)c2)C1. The van der Waals surface area contributed by atoms with Crippen molar-refractivity contribution in [1.29, 1.82) is 0 Å². The van der Waals surface area contributed by atoms with E-state index in [0.29, 0.717) is 25.7 Å². The van der Waals surface area contributed by atoms with E-state index >= 15 is 0 Å². The summed E-state index contributed by atoms with van der Waals surface area (Å²) >= 11 is 0. The van der Waals surface area contributed by atoms with Crippen LogP contribution in [0.2, 0.25) is 0 Å². The second-order valence-corrected chi connectivity index (χ2v) is 9.87. The summed E-state index contributed by atoms with van der Waals surface area (Å²) in [5.74, 6) is 2.42. The van der Waals surface area contributed by atoms with Gasteiger partial charge in [-0.2, -0.15) is 0 Å². The van der Waals surface area contributed by atoms with Gasteiger partial charge in [0, 0.05) is 38.5 Å². The first kappa shape index (κ1) is 23.9. The summed E-state index contributed by atoms with van der Waals surface area (Å²) in [5, 5.41) is 6.70. The molecule has 8 heteroatoms. The second kappa shape index (κ2) is 10.8. The maximum Gasteiger partial charge on any atom is 0.321 e. The number of ether oxygens (including phenoxy) is 2. The minimum atomic E-state index is -0.0110. The fourth-order valence-corrected chi connectivity index (χ4v) is 5.12. The van der Waals surface area contributed by atoms with Gasteiger partial charge in [-0.25, -0.2) is 9.78 Å². The van der Waals surface area contributed by atoms with E-state index in [9.17, 15) is 4.79 Å². The van der Waals surface area contributed by atoms with Gasteiger partial charge in [-0.1, -0.05) is 19.4 Å². The van der Waals surface area contributed by atoms with Crippen LogP contribution >= 0.6 is 0 Å². The molecule has 0 unspecified atom stereocenters. The lowest BCUT2D eigenvalue weighted by molar-refractivity contribution is 0.122. The number of urea groups is 1. The Morgan fingerprint density at radius 2 is 1.94 bits per heavy atom. The Labute approximate surface area is 208 Å². The van der Waals surface area contributed by atoms with Crippen LogP contribution in [0.4, 0.5) is 22.1 Å². The van der Waals surface area contributed by atoms with Crippen molar-refractivity contribution in [3.8, 4) is 11.1 Å². The normalized spacial score (nSPS) is 22.5. The summed E-state index contributed by atoms with van der Waals surface area (Å²) in [4.78, 5) is 22.0. The average molecular weight is 480 g/mol. The van der Waals surface area contributed by atoms with Gasteiger partial charge in [-0.05, 0) is 66.6 Å². The molecule has 3 saturated heterocycles. The van der Waals surface area contributed by atoms with E-state index in [2.05, 4.69) is 53.6 Å². The summed E-state index contributed by atoms with van der Waals surface area (Å²) in [5.41, 5.74) is 4.16. The molecule has 0 saturated carbocycles. The monoisotopic (exact) mass is 479 g/mol. The zero-order valence-electron chi connectivity index (χ0n) is 20.9. The smallest absolute Gasteiger partial charge is 0.321 e. The number of carbonyl (C=O) groups excluding carboxylic acids is 1.